The average Bonchev–Trinajstić information content (AvgIpc) is 2.86. The normalized spacial score (nSPS) is 23.4. The Labute approximate surface area is 125 Å². The Hall–Kier alpha value is -0.970. The Morgan fingerprint density at radius 1 is 1.35 bits per heavy atom. The van der Waals surface area contributed by atoms with Crippen molar-refractivity contribution in [3.63, 3.8) is 0 Å². The molecule has 0 bridgehead atoms. The summed E-state index contributed by atoms with van der Waals surface area (Å²) >= 11 is 1.65. The lowest BCUT2D eigenvalue weighted by atomic mass is 9.98. The van der Waals surface area contributed by atoms with E-state index in [9.17, 15) is 9.59 Å². The third-order valence-electron chi connectivity index (χ3n) is 3.51. The fourth-order valence-electron chi connectivity index (χ4n) is 2.53. The van der Waals surface area contributed by atoms with Crippen LogP contribution in [0.3, 0.4) is 0 Å². The molecule has 1 heterocycles. The standard InChI is InChI=1S/C15H24N2O2S/c1-15(2,3)16-13(18)12-9-20-10-17(12)14(19)11-7-5-4-6-8-11/h7,12H,4-6,8-10H2,1-3H3,(H,16,18)/t12-/m1/s1. The summed E-state index contributed by atoms with van der Waals surface area (Å²) in [6, 6.07) is -0.324. The number of nitrogens with one attached hydrogen (secondary N) is 1. The summed E-state index contributed by atoms with van der Waals surface area (Å²) in [5.74, 6) is 1.34. The van der Waals surface area contributed by atoms with Gasteiger partial charge in [0.2, 0.25) is 5.91 Å². The molecule has 0 unspecified atom stereocenters. The van der Waals surface area contributed by atoms with E-state index in [1.807, 2.05) is 26.8 Å². The van der Waals surface area contributed by atoms with Crippen LogP contribution in [0.4, 0.5) is 0 Å². The molecule has 0 spiro atoms. The number of hydrogen-bond donors (Lipinski definition) is 1. The van der Waals surface area contributed by atoms with Crippen molar-refractivity contribution in [2.24, 2.45) is 0 Å². The summed E-state index contributed by atoms with van der Waals surface area (Å²) in [4.78, 5) is 26.6. The van der Waals surface area contributed by atoms with E-state index < -0.39 is 0 Å². The molecule has 2 amide bonds. The van der Waals surface area contributed by atoms with Crippen LogP contribution in [0, 0.1) is 0 Å². The van der Waals surface area contributed by atoms with Gasteiger partial charge < -0.3 is 10.2 Å². The van der Waals surface area contributed by atoms with Gasteiger partial charge in [-0.25, -0.2) is 0 Å². The highest BCUT2D eigenvalue weighted by Gasteiger charge is 2.36. The molecule has 1 atom stereocenters. The minimum absolute atomic E-state index is 0.0349. The van der Waals surface area contributed by atoms with E-state index in [4.69, 9.17) is 0 Å². The van der Waals surface area contributed by atoms with E-state index in [1.54, 1.807) is 16.7 Å². The highest BCUT2D eigenvalue weighted by atomic mass is 32.2. The average molecular weight is 296 g/mol. The Morgan fingerprint density at radius 2 is 2.10 bits per heavy atom. The first-order chi connectivity index (χ1) is 9.38. The lowest BCUT2D eigenvalue weighted by Gasteiger charge is -2.28. The van der Waals surface area contributed by atoms with Gasteiger partial charge in [0, 0.05) is 16.9 Å². The van der Waals surface area contributed by atoms with Crippen molar-refractivity contribution in [1.29, 1.82) is 0 Å². The fourth-order valence-corrected chi connectivity index (χ4v) is 3.68. The van der Waals surface area contributed by atoms with Crippen LogP contribution < -0.4 is 5.32 Å². The lowest BCUT2D eigenvalue weighted by molar-refractivity contribution is -0.136. The first-order valence-electron chi connectivity index (χ1n) is 7.28. The highest BCUT2D eigenvalue weighted by molar-refractivity contribution is 7.99. The summed E-state index contributed by atoms with van der Waals surface area (Å²) in [7, 11) is 0. The van der Waals surface area contributed by atoms with Crippen LogP contribution in [0.5, 0.6) is 0 Å². The highest BCUT2D eigenvalue weighted by Crippen LogP contribution is 2.27. The third kappa shape index (κ3) is 3.78. The van der Waals surface area contributed by atoms with E-state index in [2.05, 4.69) is 5.32 Å². The molecule has 0 aromatic carbocycles. The number of carbonyl (C=O) groups is 2. The summed E-state index contributed by atoms with van der Waals surface area (Å²) in [5, 5.41) is 2.98. The Morgan fingerprint density at radius 3 is 2.70 bits per heavy atom. The lowest BCUT2D eigenvalue weighted by Crippen LogP contribution is -2.52. The third-order valence-corrected chi connectivity index (χ3v) is 4.52. The molecule has 20 heavy (non-hydrogen) atoms. The second-order valence-electron chi connectivity index (χ2n) is 6.51. The van der Waals surface area contributed by atoms with Crippen LogP contribution in [0.2, 0.25) is 0 Å². The molecule has 5 heteroatoms. The molecule has 2 rings (SSSR count). The quantitative estimate of drug-likeness (QED) is 0.850. The maximum absolute atomic E-state index is 12.5. The van der Waals surface area contributed by atoms with Crippen LogP contribution in [0.25, 0.3) is 0 Å². The summed E-state index contributed by atoms with van der Waals surface area (Å²) in [5.41, 5.74) is 0.635. The topological polar surface area (TPSA) is 49.4 Å². The molecule has 1 aliphatic carbocycles. The first kappa shape index (κ1) is 15.4. The van der Waals surface area contributed by atoms with E-state index in [0.29, 0.717) is 11.6 Å². The van der Waals surface area contributed by atoms with Crippen molar-refractivity contribution in [2.45, 2.75) is 58.0 Å². The molecule has 4 nitrogen and oxygen atoms in total. The summed E-state index contributed by atoms with van der Waals surface area (Å²) in [6.07, 6.45) is 6.14. The van der Waals surface area contributed by atoms with Gasteiger partial charge in [-0.05, 0) is 46.5 Å². The molecule has 0 aromatic rings. The number of allylic oxidation sites excluding steroid dienone is 1. The van der Waals surface area contributed by atoms with Crippen molar-refractivity contribution in [3.8, 4) is 0 Å². The number of carbonyl (C=O) groups excluding carboxylic acids is 2. The monoisotopic (exact) mass is 296 g/mol. The van der Waals surface area contributed by atoms with Gasteiger partial charge in [0.15, 0.2) is 0 Å². The molecule has 1 saturated heterocycles. The number of amides is 2. The molecular formula is C15H24N2O2S. The van der Waals surface area contributed by atoms with Crippen LogP contribution in [-0.2, 0) is 9.59 Å². The molecule has 0 saturated carbocycles. The van der Waals surface area contributed by atoms with Crippen LogP contribution >= 0.6 is 11.8 Å². The van der Waals surface area contributed by atoms with Gasteiger partial charge in [0.25, 0.3) is 5.91 Å². The molecule has 112 valence electrons. The van der Waals surface area contributed by atoms with Gasteiger partial charge >= 0.3 is 0 Å². The Kier molecular flexibility index (Phi) is 4.78. The van der Waals surface area contributed by atoms with E-state index in [1.165, 1.54) is 6.42 Å². The van der Waals surface area contributed by atoms with Crippen molar-refractivity contribution < 1.29 is 9.59 Å². The van der Waals surface area contributed by atoms with E-state index >= 15 is 0 Å². The number of rotatable bonds is 2. The molecule has 2 aliphatic rings. The Balaban J connectivity index is 2.05. The van der Waals surface area contributed by atoms with Crippen LogP contribution in [0.1, 0.15) is 46.5 Å². The maximum atomic E-state index is 12.5. The van der Waals surface area contributed by atoms with E-state index in [-0.39, 0.29) is 23.4 Å². The predicted molar refractivity (Wildman–Crippen MR) is 82.4 cm³/mol. The van der Waals surface area contributed by atoms with Gasteiger partial charge in [-0.3, -0.25) is 9.59 Å². The molecular weight excluding hydrogens is 272 g/mol. The predicted octanol–water partition coefficient (Wildman–Crippen LogP) is 2.30. The van der Waals surface area contributed by atoms with Crippen molar-refractivity contribution >= 4 is 23.6 Å². The number of hydrogen-bond acceptors (Lipinski definition) is 3. The van der Waals surface area contributed by atoms with Gasteiger partial charge in [0.1, 0.15) is 6.04 Å². The van der Waals surface area contributed by atoms with Gasteiger partial charge in [-0.1, -0.05) is 6.08 Å². The number of nitrogens with zero attached hydrogens (tertiary/aromatic N) is 1. The summed E-state index contributed by atoms with van der Waals surface area (Å²) < 4.78 is 0. The largest absolute Gasteiger partial charge is 0.350 e. The minimum Gasteiger partial charge on any atom is -0.350 e. The first-order valence-corrected chi connectivity index (χ1v) is 8.44. The van der Waals surface area contributed by atoms with Gasteiger partial charge in [0.05, 0.1) is 5.88 Å². The zero-order chi connectivity index (χ0) is 14.8. The fraction of sp³-hybridized carbons (Fsp3) is 0.733. The van der Waals surface area contributed by atoms with Crippen molar-refractivity contribution in [3.05, 3.63) is 11.6 Å². The molecule has 1 N–H and O–H groups in total. The Bertz CT molecular complexity index is 426. The molecule has 0 radical (unpaired) electrons. The van der Waals surface area contributed by atoms with Crippen LogP contribution in [-0.4, -0.2) is 39.9 Å². The second-order valence-corrected chi connectivity index (χ2v) is 7.50. The van der Waals surface area contributed by atoms with Crippen molar-refractivity contribution in [2.75, 3.05) is 11.6 Å². The molecule has 1 aliphatic heterocycles. The van der Waals surface area contributed by atoms with Crippen molar-refractivity contribution in [1.82, 2.24) is 10.2 Å². The van der Waals surface area contributed by atoms with E-state index in [0.717, 1.165) is 24.8 Å². The van der Waals surface area contributed by atoms with Gasteiger partial charge in [-0.15, -0.1) is 11.8 Å². The minimum atomic E-state index is -0.324. The smallest absolute Gasteiger partial charge is 0.250 e. The maximum Gasteiger partial charge on any atom is 0.250 e. The SMILES string of the molecule is CC(C)(C)NC(=O)[C@H]1CSCN1C(=O)C1=CCCCC1. The zero-order valence-electron chi connectivity index (χ0n) is 12.6. The van der Waals surface area contributed by atoms with Gasteiger partial charge in [-0.2, -0.15) is 0 Å². The second kappa shape index (κ2) is 6.20. The van der Waals surface area contributed by atoms with Crippen LogP contribution in [0.15, 0.2) is 11.6 Å². The zero-order valence-corrected chi connectivity index (χ0v) is 13.4. The number of thioether (sulfide) groups is 1. The molecule has 1 fully saturated rings. The summed E-state index contributed by atoms with van der Waals surface area (Å²) in [6.45, 7) is 5.88. The molecule has 0 aromatic heterocycles.